The van der Waals surface area contributed by atoms with E-state index in [1.54, 1.807) is 6.07 Å². The predicted molar refractivity (Wildman–Crippen MR) is 90.5 cm³/mol. The summed E-state index contributed by atoms with van der Waals surface area (Å²) in [7, 11) is 0. The highest BCUT2D eigenvalue weighted by molar-refractivity contribution is 7.15. The number of ether oxygens (including phenoxy) is 1. The maximum absolute atomic E-state index is 12.0. The van der Waals surface area contributed by atoms with Crippen LogP contribution in [0.5, 0.6) is 5.75 Å². The number of fused-ring (bicyclic) bond motifs is 1. The summed E-state index contributed by atoms with van der Waals surface area (Å²) < 4.78 is 5.31. The van der Waals surface area contributed by atoms with Crippen molar-refractivity contribution in [3.05, 3.63) is 45.0 Å². The monoisotopic (exact) mass is 347 g/mol. The molecule has 126 valence electrons. The quantitative estimate of drug-likeness (QED) is 0.662. The van der Waals surface area contributed by atoms with Gasteiger partial charge in [-0.05, 0) is 31.2 Å². The second kappa shape index (κ2) is 6.96. The van der Waals surface area contributed by atoms with Crippen LogP contribution in [0.2, 0.25) is 0 Å². The topological polar surface area (TPSA) is 94.4 Å². The Kier molecular flexibility index (Phi) is 4.75. The van der Waals surface area contributed by atoms with Crippen molar-refractivity contribution >= 4 is 28.1 Å². The summed E-state index contributed by atoms with van der Waals surface area (Å²) in [5.41, 5.74) is 1.00. The first-order chi connectivity index (χ1) is 11.5. The smallest absolute Gasteiger partial charge is 0.273 e. The molecule has 1 aromatic carbocycles. The Morgan fingerprint density at radius 2 is 2.38 bits per heavy atom. The van der Waals surface area contributed by atoms with E-state index in [9.17, 15) is 14.9 Å². The fourth-order valence-corrected chi connectivity index (χ4v) is 3.77. The van der Waals surface area contributed by atoms with Gasteiger partial charge in [-0.1, -0.05) is 13.0 Å². The number of nitro benzene ring substituents is 1. The Morgan fingerprint density at radius 1 is 1.54 bits per heavy atom. The zero-order valence-corrected chi connectivity index (χ0v) is 14.0. The average Bonchev–Trinajstić information content (AvgIpc) is 2.94. The lowest BCUT2D eigenvalue weighted by molar-refractivity contribution is -0.384. The Bertz CT molecular complexity index is 774. The highest BCUT2D eigenvalue weighted by atomic mass is 32.1. The van der Waals surface area contributed by atoms with Crippen LogP contribution in [0.3, 0.4) is 0 Å². The number of amides is 1. The number of aromatic nitrogens is 1. The van der Waals surface area contributed by atoms with E-state index >= 15 is 0 Å². The van der Waals surface area contributed by atoms with Crippen LogP contribution in [0.4, 0.5) is 10.8 Å². The third-order valence-electron chi connectivity index (χ3n) is 3.83. The van der Waals surface area contributed by atoms with E-state index in [1.807, 2.05) is 0 Å². The number of benzene rings is 1. The van der Waals surface area contributed by atoms with E-state index in [0.29, 0.717) is 11.0 Å². The zero-order chi connectivity index (χ0) is 17.1. The van der Waals surface area contributed by atoms with Gasteiger partial charge < -0.3 is 4.74 Å². The van der Waals surface area contributed by atoms with Crippen LogP contribution < -0.4 is 10.1 Å². The third kappa shape index (κ3) is 3.88. The highest BCUT2D eigenvalue weighted by Gasteiger charge is 2.20. The molecule has 1 amide bonds. The summed E-state index contributed by atoms with van der Waals surface area (Å²) in [6.07, 6.45) is 3.08. The molecule has 0 radical (unpaired) electrons. The van der Waals surface area contributed by atoms with E-state index in [1.165, 1.54) is 34.4 Å². The Labute approximate surface area is 142 Å². The van der Waals surface area contributed by atoms with Crippen molar-refractivity contribution < 1.29 is 14.5 Å². The number of non-ortho nitro benzene ring substituents is 1. The van der Waals surface area contributed by atoms with Crippen LogP contribution in [-0.4, -0.2) is 22.4 Å². The molecular formula is C16H17N3O4S. The standard InChI is InChI=1S/C16H17N3O4S/c1-10-5-6-13-14(7-10)24-16(17-13)18-15(20)9-23-12-4-2-3-11(8-12)19(21)22/h2-4,8,10H,5-7,9H2,1H3,(H,17,18,20). The molecule has 0 bridgehead atoms. The van der Waals surface area contributed by atoms with Crippen molar-refractivity contribution in [1.82, 2.24) is 4.98 Å². The molecular weight excluding hydrogens is 330 g/mol. The molecule has 7 nitrogen and oxygen atoms in total. The molecule has 1 aliphatic carbocycles. The lowest BCUT2D eigenvalue weighted by Crippen LogP contribution is -2.20. The molecule has 24 heavy (non-hydrogen) atoms. The first-order valence-electron chi connectivity index (χ1n) is 7.67. The second-order valence-electron chi connectivity index (χ2n) is 5.83. The minimum absolute atomic E-state index is 0.0744. The number of thiazole rings is 1. The van der Waals surface area contributed by atoms with Crippen LogP contribution in [0.25, 0.3) is 0 Å². The molecule has 1 aromatic heterocycles. The van der Waals surface area contributed by atoms with Gasteiger partial charge in [0.1, 0.15) is 5.75 Å². The third-order valence-corrected chi connectivity index (χ3v) is 4.87. The van der Waals surface area contributed by atoms with Crippen molar-refractivity contribution in [2.24, 2.45) is 5.92 Å². The van der Waals surface area contributed by atoms with Gasteiger partial charge in [0.2, 0.25) is 0 Å². The molecule has 3 rings (SSSR count). The van der Waals surface area contributed by atoms with Crippen molar-refractivity contribution in [3.8, 4) is 5.75 Å². The maximum atomic E-state index is 12.0. The molecule has 8 heteroatoms. The van der Waals surface area contributed by atoms with Crippen LogP contribution in [0, 0.1) is 16.0 Å². The molecule has 0 saturated carbocycles. The number of hydrogen-bond acceptors (Lipinski definition) is 6. The summed E-state index contributed by atoms with van der Waals surface area (Å²) >= 11 is 1.51. The SMILES string of the molecule is CC1CCc2nc(NC(=O)COc3cccc([N+](=O)[O-])c3)sc2C1. The first-order valence-corrected chi connectivity index (χ1v) is 8.48. The van der Waals surface area contributed by atoms with Crippen LogP contribution in [0.1, 0.15) is 23.9 Å². The summed E-state index contributed by atoms with van der Waals surface area (Å²) in [5.74, 6) is 0.603. The molecule has 1 heterocycles. The van der Waals surface area contributed by atoms with Gasteiger partial charge in [-0.3, -0.25) is 20.2 Å². The van der Waals surface area contributed by atoms with Crippen molar-refractivity contribution in [1.29, 1.82) is 0 Å². The number of nitrogens with one attached hydrogen (secondary N) is 1. The van der Waals surface area contributed by atoms with Crippen LogP contribution in [0.15, 0.2) is 24.3 Å². The molecule has 0 saturated heterocycles. The summed E-state index contributed by atoms with van der Waals surface area (Å²) in [5, 5.41) is 14.0. The second-order valence-corrected chi connectivity index (χ2v) is 6.91. The fraction of sp³-hybridized carbons (Fsp3) is 0.375. The van der Waals surface area contributed by atoms with Crippen molar-refractivity contribution in [2.75, 3.05) is 11.9 Å². The minimum Gasteiger partial charge on any atom is -0.484 e. The van der Waals surface area contributed by atoms with Gasteiger partial charge >= 0.3 is 0 Å². The van der Waals surface area contributed by atoms with Gasteiger partial charge in [-0.15, -0.1) is 11.3 Å². The number of carbonyl (C=O) groups is 1. The lowest BCUT2D eigenvalue weighted by atomic mass is 9.93. The van der Waals surface area contributed by atoms with E-state index in [4.69, 9.17) is 4.74 Å². The molecule has 1 atom stereocenters. The number of carbonyl (C=O) groups excluding carboxylic acids is 1. The number of rotatable bonds is 5. The zero-order valence-electron chi connectivity index (χ0n) is 13.2. The lowest BCUT2D eigenvalue weighted by Gasteiger charge is -2.15. The predicted octanol–water partition coefficient (Wildman–Crippen LogP) is 3.19. The van der Waals surface area contributed by atoms with Gasteiger partial charge in [0.15, 0.2) is 11.7 Å². The Morgan fingerprint density at radius 3 is 3.17 bits per heavy atom. The van der Waals surface area contributed by atoms with E-state index in [2.05, 4.69) is 17.2 Å². The molecule has 1 unspecified atom stereocenters. The van der Waals surface area contributed by atoms with Crippen molar-refractivity contribution in [2.45, 2.75) is 26.2 Å². The molecule has 1 aliphatic rings. The van der Waals surface area contributed by atoms with Gasteiger partial charge in [-0.2, -0.15) is 0 Å². The maximum Gasteiger partial charge on any atom is 0.273 e. The molecule has 1 N–H and O–H groups in total. The number of aryl methyl sites for hydroxylation is 1. The first kappa shape index (κ1) is 16.4. The van der Waals surface area contributed by atoms with E-state index in [0.717, 1.165) is 25.0 Å². The fourth-order valence-electron chi connectivity index (χ4n) is 2.58. The minimum atomic E-state index is -0.506. The number of nitro groups is 1. The number of anilines is 1. The van der Waals surface area contributed by atoms with Crippen molar-refractivity contribution in [3.63, 3.8) is 0 Å². The van der Waals surface area contributed by atoms with Gasteiger partial charge in [0.05, 0.1) is 16.7 Å². The largest absolute Gasteiger partial charge is 0.484 e. The normalized spacial score (nSPS) is 16.3. The van der Waals surface area contributed by atoms with E-state index in [-0.39, 0.29) is 24.0 Å². The van der Waals surface area contributed by atoms with Gasteiger partial charge in [0, 0.05) is 10.9 Å². The number of hydrogen-bond donors (Lipinski definition) is 1. The van der Waals surface area contributed by atoms with Gasteiger partial charge in [-0.25, -0.2) is 4.98 Å². The van der Waals surface area contributed by atoms with Crippen LogP contribution >= 0.6 is 11.3 Å². The number of nitrogens with zero attached hydrogens (tertiary/aromatic N) is 2. The summed E-state index contributed by atoms with van der Waals surface area (Å²) in [6, 6.07) is 5.75. The summed E-state index contributed by atoms with van der Waals surface area (Å²) in [6.45, 7) is 2.00. The summed E-state index contributed by atoms with van der Waals surface area (Å²) in [4.78, 5) is 27.9. The Hall–Kier alpha value is -2.48. The molecule has 0 fully saturated rings. The molecule has 2 aromatic rings. The average molecular weight is 347 g/mol. The van der Waals surface area contributed by atoms with E-state index < -0.39 is 4.92 Å². The Balaban J connectivity index is 1.56. The molecule has 0 spiro atoms. The highest BCUT2D eigenvalue weighted by Crippen LogP contribution is 2.32. The van der Waals surface area contributed by atoms with Crippen LogP contribution in [-0.2, 0) is 17.6 Å². The van der Waals surface area contributed by atoms with Gasteiger partial charge in [0.25, 0.3) is 11.6 Å². The molecule has 0 aliphatic heterocycles.